The van der Waals surface area contributed by atoms with Crippen LogP contribution >= 0.6 is 0 Å². The number of rotatable bonds is 15. The molecule has 5 heteroatoms. The number of unbranched alkanes of at least 4 members (excludes halogenated alkanes) is 9. The molecule has 42 heavy (non-hydrogen) atoms. The van der Waals surface area contributed by atoms with E-state index >= 15 is 0 Å². The monoisotopic (exact) mass is 565 g/mol. The molecule has 0 aliphatic heterocycles. The number of aromatic nitrogens is 3. The molecule has 1 aromatic heterocycles. The fourth-order valence-electron chi connectivity index (χ4n) is 5.29. The summed E-state index contributed by atoms with van der Waals surface area (Å²) in [6, 6.07) is 17.7. The van der Waals surface area contributed by atoms with Gasteiger partial charge in [-0.25, -0.2) is 15.0 Å². The van der Waals surface area contributed by atoms with E-state index in [-0.39, 0.29) is 5.75 Å². The second kappa shape index (κ2) is 15.5. The fraction of sp³-hybridized carbons (Fsp3) is 0.432. The van der Waals surface area contributed by atoms with Crippen molar-refractivity contribution in [3.8, 4) is 45.7 Å². The van der Waals surface area contributed by atoms with Crippen LogP contribution in [0.3, 0.4) is 0 Å². The lowest BCUT2D eigenvalue weighted by atomic mass is 10.0. The SMILES string of the molecule is CCCCCCCCCCCCOc1ccc(-c2nc(-c3cccc(C)c3C)nc(-c3cccc(C)c3C)n2)c(O)c1. The van der Waals surface area contributed by atoms with Crippen LogP contribution in [0, 0.1) is 27.7 Å². The first-order valence-electron chi connectivity index (χ1n) is 15.7. The zero-order valence-electron chi connectivity index (χ0n) is 26.2. The van der Waals surface area contributed by atoms with E-state index in [0.717, 1.165) is 28.7 Å². The molecule has 0 radical (unpaired) electrons. The third-order valence-electron chi connectivity index (χ3n) is 8.30. The van der Waals surface area contributed by atoms with E-state index in [1.165, 1.54) is 68.9 Å². The van der Waals surface area contributed by atoms with Crippen molar-refractivity contribution in [2.45, 2.75) is 98.8 Å². The summed E-state index contributed by atoms with van der Waals surface area (Å²) in [6.45, 7) is 11.3. The van der Waals surface area contributed by atoms with Crippen molar-refractivity contribution in [3.63, 3.8) is 0 Å². The summed E-state index contributed by atoms with van der Waals surface area (Å²) in [4.78, 5) is 14.6. The van der Waals surface area contributed by atoms with E-state index in [9.17, 15) is 5.11 Å². The highest BCUT2D eigenvalue weighted by Gasteiger charge is 2.18. The van der Waals surface area contributed by atoms with Crippen molar-refractivity contribution in [3.05, 3.63) is 76.9 Å². The summed E-state index contributed by atoms with van der Waals surface area (Å²) >= 11 is 0. The summed E-state index contributed by atoms with van der Waals surface area (Å²) in [5, 5.41) is 11.1. The number of hydrogen-bond acceptors (Lipinski definition) is 5. The predicted octanol–water partition coefficient (Wildman–Crippen LogP) is 10.1. The molecule has 0 saturated heterocycles. The Labute approximate surface area is 252 Å². The molecule has 0 aliphatic rings. The van der Waals surface area contributed by atoms with Gasteiger partial charge < -0.3 is 9.84 Å². The van der Waals surface area contributed by atoms with Crippen molar-refractivity contribution < 1.29 is 9.84 Å². The van der Waals surface area contributed by atoms with Gasteiger partial charge in [-0.1, -0.05) is 101 Å². The molecular weight excluding hydrogens is 518 g/mol. The third kappa shape index (κ3) is 8.18. The Morgan fingerprint density at radius 2 is 1.05 bits per heavy atom. The number of phenolic OH excluding ortho intramolecular Hbond substituents is 1. The second-order valence-electron chi connectivity index (χ2n) is 11.5. The summed E-state index contributed by atoms with van der Waals surface area (Å²) in [5.41, 5.74) is 7.08. The van der Waals surface area contributed by atoms with Crippen LogP contribution in [-0.2, 0) is 0 Å². The van der Waals surface area contributed by atoms with E-state index < -0.39 is 0 Å². The number of aromatic hydroxyl groups is 1. The topological polar surface area (TPSA) is 68.1 Å². The van der Waals surface area contributed by atoms with E-state index in [1.807, 2.05) is 36.4 Å². The highest BCUT2D eigenvalue weighted by Crippen LogP contribution is 2.34. The molecule has 1 heterocycles. The molecule has 0 bridgehead atoms. The van der Waals surface area contributed by atoms with E-state index in [4.69, 9.17) is 19.7 Å². The minimum absolute atomic E-state index is 0.0978. The zero-order chi connectivity index (χ0) is 29.9. The fourth-order valence-corrected chi connectivity index (χ4v) is 5.29. The van der Waals surface area contributed by atoms with Crippen molar-refractivity contribution in [1.29, 1.82) is 0 Å². The van der Waals surface area contributed by atoms with Gasteiger partial charge in [0.05, 0.1) is 12.2 Å². The number of hydrogen-bond donors (Lipinski definition) is 1. The van der Waals surface area contributed by atoms with Crippen molar-refractivity contribution in [2.75, 3.05) is 6.61 Å². The zero-order valence-corrected chi connectivity index (χ0v) is 26.2. The van der Waals surface area contributed by atoms with Gasteiger partial charge in [-0.3, -0.25) is 0 Å². The Hall–Kier alpha value is -3.73. The highest BCUT2D eigenvalue weighted by atomic mass is 16.5. The van der Waals surface area contributed by atoms with Gasteiger partial charge in [0.2, 0.25) is 0 Å². The van der Waals surface area contributed by atoms with Gasteiger partial charge in [-0.15, -0.1) is 0 Å². The number of phenols is 1. The van der Waals surface area contributed by atoms with Crippen LogP contribution in [-0.4, -0.2) is 26.7 Å². The molecular formula is C37H47N3O2. The molecule has 4 rings (SSSR count). The van der Waals surface area contributed by atoms with E-state index in [1.54, 1.807) is 6.07 Å². The quantitative estimate of drug-likeness (QED) is 0.145. The first-order valence-corrected chi connectivity index (χ1v) is 15.7. The van der Waals surface area contributed by atoms with Gasteiger partial charge in [0.15, 0.2) is 17.5 Å². The first kappa shape index (κ1) is 31.2. The molecule has 0 fully saturated rings. The van der Waals surface area contributed by atoms with Crippen LogP contribution in [0.4, 0.5) is 0 Å². The van der Waals surface area contributed by atoms with Crippen LogP contribution in [0.15, 0.2) is 54.6 Å². The Morgan fingerprint density at radius 3 is 1.55 bits per heavy atom. The van der Waals surface area contributed by atoms with Crippen LogP contribution < -0.4 is 4.74 Å². The third-order valence-corrected chi connectivity index (χ3v) is 8.30. The predicted molar refractivity (Wildman–Crippen MR) is 174 cm³/mol. The lowest BCUT2D eigenvalue weighted by Gasteiger charge is -2.14. The Morgan fingerprint density at radius 1 is 0.571 bits per heavy atom. The molecule has 0 amide bonds. The van der Waals surface area contributed by atoms with Crippen LogP contribution in [0.25, 0.3) is 34.2 Å². The maximum Gasteiger partial charge on any atom is 0.167 e. The number of nitrogens with zero attached hydrogens (tertiary/aromatic N) is 3. The molecule has 0 spiro atoms. The van der Waals surface area contributed by atoms with E-state index in [2.05, 4.69) is 46.8 Å². The summed E-state index contributed by atoms with van der Waals surface area (Å²) in [7, 11) is 0. The Balaban J connectivity index is 1.48. The summed E-state index contributed by atoms with van der Waals surface area (Å²) < 4.78 is 5.98. The lowest BCUT2D eigenvalue weighted by Crippen LogP contribution is -2.03. The minimum atomic E-state index is 0.0978. The van der Waals surface area contributed by atoms with Crippen LogP contribution in [0.5, 0.6) is 11.5 Å². The normalized spacial score (nSPS) is 11.2. The average Bonchev–Trinajstić information content (AvgIpc) is 2.98. The molecule has 5 nitrogen and oxygen atoms in total. The van der Waals surface area contributed by atoms with Crippen molar-refractivity contribution >= 4 is 0 Å². The average molecular weight is 566 g/mol. The van der Waals surface area contributed by atoms with Gasteiger partial charge in [-0.05, 0) is 68.5 Å². The molecule has 3 aromatic carbocycles. The number of benzene rings is 3. The smallest absolute Gasteiger partial charge is 0.167 e. The van der Waals surface area contributed by atoms with Gasteiger partial charge >= 0.3 is 0 Å². The van der Waals surface area contributed by atoms with E-state index in [0.29, 0.717) is 35.4 Å². The minimum Gasteiger partial charge on any atom is -0.507 e. The molecule has 4 aromatic rings. The molecule has 0 atom stereocenters. The maximum atomic E-state index is 11.1. The highest BCUT2D eigenvalue weighted by molar-refractivity contribution is 5.72. The molecule has 0 saturated carbocycles. The largest absolute Gasteiger partial charge is 0.507 e. The van der Waals surface area contributed by atoms with Gasteiger partial charge in [-0.2, -0.15) is 0 Å². The van der Waals surface area contributed by atoms with Gasteiger partial charge in [0.1, 0.15) is 11.5 Å². The molecule has 0 aliphatic carbocycles. The van der Waals surface area contributed by atoms with Crippen LogP contribution in [0.1, 0.15) is 93.4 Å². The number of ether oxygens (including phenoxy) is 1. The Bertz CT molecular complexity index is 1390. The van der Waals surface area contributed by atoms with Crippen molar-refractivity contribution in [1.82, 2.24) is 15.0 Å². The summed E-state index contributed by atoms with van der Waals surface area (Å²) in [5.74, 6) is 2.39. The van der Waals surface area contributed by atoms with Gasteiger partial charge in [0.25, 0.3) is 0 Å². The maximum absolute atomic E-state index is 11.1. The first-order chi connectivity index (χ1) is 20.4. The number of aryl methyl sites for hydroxylation is 2. The summed E-state index contributed by atoms with van der Waals surface area (Å²) in [6.07, 6.45) is 12.9. The standard InChI is InChI=1S/C37H47N3O2/c1-6-7-8-9-10-11-12-13-14-15-24-42-30-22-23-33(34(41)25-30)37-39-35(31-20-16-18-26(2)28(31)4)38-36(40-37)32-21-17-19-27(3)29(32)5/h16-23,25,41H,6-15,24H2,1-5H3. The molecule has 0 unspecified atom stereocenters. The molecule has 222 valence electrons. The lowest BCUT2D eigenvalue weighted by molar-refractivity contribution is 0.302. The van der Waals surface area contributed by atoms with Gasteiger partial charge in [0, 0.05) is 17.2 Å². The molecule has 1 N–H and O–H groups in total. The Kier molecular flexibility index (Phi) is 11.5. The van der Waals surface area contributed by atoms with Crippen molar-refractivity contribution in [2.24, 2.45) is 0 Å². The van der Waals surface area contributed by atoms with Crippen LogP contribution in [0.2, 0.25) is 0 Å². The second-order valence-corrected chi connectivity index (χ2v) is 11.5.